The Labute approximate surface area is 136 Å². The van der Waals surface area contributed by atoms with Crippen LogP contribution in [0.4, 0.5) is 18.9 Å². The van der Waals surface area contributed by atoms with Gasteiger partial charge < -0.3 is 9.47 Å². The van der Waals surface area contributed by atoms with Crippen LogP contribution in [0.3, 0.4) is 0 Å². The van der Waals surface area contributed by atoms with E-state index in [1.165, 1.54) is 0 Å². The van der Waals surface area contributed by atoms with E-state index in [0.717, 1.165) is 6.07 Å². The summed E-state index contributed by atoms with van der Waals surface area (Å²) in [4.78, 5) is 21.5. The summed E-state index contributed by atoms with van der Waals surface area (Å²) in [6, 6.07) is 1.84. The monoisotopic (exact) mass is 347 g/mol. The fraction of sp³-hybridized carbons (Fsp3) is 0.400. The molecule has 0 spiro atoms. The normalized spacial score (nSPS) is 11.8. The molecule has 0 saturated carbocycles. The minimum absolute atomic E-state index is 0.134. The van der Waals surface area contributed by atoms with Crippen molar-refractivity contribution in [2.75, 3.05) is 6.61 Å². The summed E-state index contributed by atoms with van der Waals surface area (Å²) >= 11 is 0. The number of hydrogen-bond donors (Lipinski definition) is 0. The van der Waals surface area contributed by atoms with Crippen molar-refractivity contribution in [2.24, 2.45) is 0 Å². The summed E-state index contributed by atoms with van der Waals surface area (Å²) in [6.45, 7) is 7.86. The quantitative estimate of drug-likeness (QED) is 0.349. The standard InChI is InChI=1S/C15H16F3NO5/c1-9(13(20)24-14(2,3)4)8-23-12-6-10(15(16,17)18)5-11(7-12)19(21)22/h5-7H,1,8H2,2-4H3. The number of halogens is 3. The highest BCUT2D eigenvalue weighted by Gasteiger charge is 2.33. The van der Waals surface area contributed by atoms with Crippen molar-refractivity contribution in [2.45, 2.75) is 32.5 Å². The minimum atomic E-state index is -4.77. The Kier molecular flexibility index (Phi) is 5.59. The zero-order valence-electron chi connectivity index (χ0n) is 13.3. The number of rotatable bonds is 5. The molecule has 0 aliphatic rings. The first-order chi connectivity index (χ1) is 10.8. The molecule has 1 aromatic rings. The number of ether oxygens (including phenoxy) is 2. The Bertz CT molecular complexity index is 662. The van der Waals surface area contributed by atoms with Gasteiger partial charge in [-0.3, -0.25) is 10.1 Å². The van der Waals surface area contributed by atoms with Gasteiger partial charge in [0.15, 0.2) is 0 Å². The Balaban J connectivity index is 2.91. The van der Waals surface area contributed by atoms with Crippen LogP contribution in [0.25, 0.3) is 0 Å². The highest BCUT2D eigenvalue weighted by atomic mass is 19.4. The molecule has 0 amide bonds. The number of hydrogen-bond acceptors (Lipinski definition) is 5. The smallest absolute Gasteiger partial charge is 0.416 e. The van der Waals surface area contributed by atoms with E-state index >= 15 is 0 Å². The van der Waals surface area contributed by atoms with Crippen LogP contribution in [0, 0.1) is 10.1 Å². The summed E-state index contributed by atoms with van der Waals surface area (Å²) in [5, 5.41) is 10.7. The second kappa shape index (κ2) is 6.90. The van der Waals surface area contributed by atoms with Gasteiger partial charge in [-0.05, 0) is 26.8 Å². The van der Waals surface area contributed by atoms with E-state index in [4.69, 9.17) is 9.47 Å². The summed E-state index contributed by atoms with van der Waals surface area (Å²) in [7, 11) is 0. The van der Waals surface area contributed by atoms with Gasteiger partial charge in [-0.2, -0.15) is 13.2 Å². The molecule has 0 atom stereocenters. The fourth-order valence-corrected chi connectivity index (χ4v) is 1.52. The lowest BCUT2D eigenvalue weighted by molar-refractivity contribution is -0.385. The van der Waals surface area contributed by atoms with E-state index < -0.39 is 46.3 Å². The van der Waals surface area contributed by atoms with Gasteiger partial charge in [-0.1, -0.05) is 6.58 Å². The number of alkyl halides is 3. The molecule has 9 heteroatoms. The van der Waals surface area contributed by atoms with E-state index in [1.807, 2.05) is 0 Å². The number of nitro groups is 1. The van der Waals surface area contributed by atoms with Crippen LogP contribution in [-0.4, -0.2) is 23.1 Å². The van der Waals surface area contributed by atoms with Crippen molar-refractivity contribution < 1.29 is 32.4 Å². The number of nitrogens with zero attached hydrogens (tertiary/aromatic N) is 1. The van der Waals surface area contributed by atoms with Crippen LogP contribution in [-0.2, 0) is 15.7 Å². The lowest BCUT2D eigenvalue weighted by atomic mass is 10.2. The van der Waals surface area contributed by atoms with E-state index in [1.54, 1.807) is 20.8 Å². The summed E-state index contributed by atoms with van der Waals surface area (Å²) in [5.41, 5.74) is -2.91. The maximum absolute atomic E-state index is 12.8. The lowest BCUT2D eigenvalue weighted by Crippen LogP contribution is -2.26. The molecule has 0 heterocycles. The average molecular weight is 347 g/mol. The predicted octanol–water partition coefficient (Wildman–Crippen LogP) is 3.89. The molecular formula is C15H16F3NO5. The first-order valence-corrected chi connectivity index (χ1v) is 6.70. The van der Waals surface area contributed by atoms with Gasteiger partial charge in [-0.15, -0.1) is 0 Å². The van der Waals surface area contributed by atoms with Crippen LogP contribution in [0.15, 0.2) is 30.4 Å². The van der Waals surface area contributed by atoms with Crippen LogP contribution < -0.4 is 4.74 Å². The van der Waals surface area contributed by atoms with Crippen molar-refractivity contribution in [1.29, 1.82) is 0 Å². The summed E-state index contributed by atoms with van der Waals surface area (Å²) < 4.78 is 48.3. The Morgan fingerprint density at radius 2 is 1.83 bits per heavy atom. The van der Waals surface area contributed by atoms with E-state index in [-0.39, 0.29) is 5.57 Å². The molecule has 1 aromatic carbocycles. The molecule has 132 valence electrons. The summed E-state index contributed by atoms with van der Waals surface area (Å²) in [5.74, 6) is -1.18. The second-order valence-electron chi connectivity index (χ2n) is 5.86. The van der Waals surface area contributed by atoms with Crippen LogP contribution in [0.1, 0.15) is 26.3 Å². The lowest BCUT2D eigenvalue weighted by Gasteiger charge is -2.20. The number of esters is 1. The fourth-order valence-electron chi connectivity index (χ4n) is 1.52. The molecule has 24 heavy (non-hydrogen) atoms. The SMILES string of the molecule is C=C(COc1cc([N+](=O)[O-])cc(C(F)(F)F)c1)C(=O)OC(C)(C)C. The molecule has 0 N–H and O–H groups in total. The third kappa shape index (κ3) is 5.90. The number of nitro benzene ring substituents is 1. The van der Waals surface area contributed by atoms with Gasteiger partial charge in [0.1, 0.15) is 18.0 Å². The minimum Gasteiger partial charge on any atom is -0.488 e. The largest absolute Gasteiger partial charge is 0.488 e. The second-order valence-corrected chi connectivity index (χ2v) is 5.86. The highest BCUT2D eigenvalue weighted by molar-refractivity contribution is 5.88. The van der Waals surface area contributed by atoms with Gasteiger partial charge in [0.2, 0.25) is 0 Å². The number of carbonyl (C=O) groups excluding carboxylic acids is 1. The Morgan fingerprint density at radius 1 is 1.25 bits per heavy atom. The molecule has 0 saturated heterocycles. The molecule has 0 radical (unpaired) electrons. The number of carbonyl (C=O) groups is 1. The molecule has 0 aliphatic heterocycles. The molecular weight excluding hydrogens is 331 g/mol. The zero-order chi connectivity index (χ0) is 18.7. The topological polar surface area (TPSA) is 78.7 Å². The van der Waals surface area contributed by atoms with Crippen molar-refractivity contribution in [3.8, 4) is 5.75 Å². The van der Waals surface area contributed by atoms with Gasteiger partial charge in [-0.25, -0.2) is 4.79 Å². The maximum atomic E-state index is 12.8. The molecule has 0 unspecified atom stereocenters. The average Bonchev–Trinajstić information content (AvgIpc) is 2.41. The van der Waals surface area contributed by atoms with Crippen molar-refractivity contribution in [3.63, 3.8) is 0 Å². The van der Waals surface area contributed by atoms with Gasteiger partial charge >= 0.3 is 12.1 Å². The third-order valence-corrected chi connectivity index (χ3v) is 2.53. The number of non-ortho nitro benzene ring substituents is 1. The zero-order valence-corrected chi connectivity index (χ0v) is 13.3. The van der Waals surface area contributed by atoms with Crippen LogP contribution in [0.5, 0.6) is 5.75 Å². The van der Waals surface area contributed by atoms with Crippen molar-refractivity contribution in [1.82, 2.24) is 0 Å². The molecule has 1 rings (SSSR count). The molecule has 0 bridgehead atoms. The molecule has 6 nitrogen and oxygen atoms in total. The van der Waals surface area contributed by atoms with Crippen LogP contribution in [0.2, 0.25) is 0 Å². The Hall–Kier alpha value is -2.58. The Morgan fingerprint density at radius 3 is 2.29 bits per heavy atom. The third-order valence-electron chi connectivity index (χ3n) is 2.53. The maximum Gasteiger partial charge on any atom is 0.416 e. The molecule has 0 aromatic heterocycles. The van der Waals surface area contributed by atoms with E-state index in [2.05, 4.69) is 6.58 Å². The van der Waals surface area contributed by atoms with E-state index in [9.17, 15) is 28.1 Å². The van der Waals surface area contributed by atoms with Gasteiger partial charge in [0.25, 0.3) is 5.69 Å². The number of benzene rings is 1. The van der Waals surface area contributed by atoms with Crippen LogP contribution >= 0.6 is 0 Å². The van der Waals surface area contributed by atoms with E-state index in [0.29, 0.717) is 12.1 Å². The van der Waals surface area contributed by atoms with Gasteiger partial charge in [0.05, 0.1) is 22.1 Å². The first-order valence-electron chi connectivity index (χ1n) is 6.70. The predicted molar refractivity (Wildman–Crippen MR) is 78.6 cm³/mol. The highest BCUT2D eigenvalue weighted by Crippen LogP contribution is 2.34. The van der Waals surface area contributed by atoms with Gasteiger partial charge in [0, 0.05) is 6.07 Å². The molecule has 0 aliphatic carbocycles. The summed E-state index contributed by atoms with van der Waals surface area (Å²) in [6.07, 6.45) is -4.77. The van der Waals surface area contributed by atoms with Crippen molar-refractivity contribution >= 4 is 11.7 Å². The molecule has 0 fully saturated rings. The van der Waals surface area contributed by atoms with Crippen molar-refractivity contribution in [3.05, 3.63) is 46.0 Å². The first kappa shape index (κ1) is 19.5.